The number of nitrogens with one attached hydrogen (secondary N) is 2. The molecule has 0 aliphatic heterocycles. The van der Waals surface area contributed by atoms with E-state index in [0.717, 1.165) is 5.56 Å². The molecule has 2 aromatic carbocycles. The minimum Gasteiger partial charge on any atom is -0.497 e. The van der Waals surface area contributed by atoms with Crippen molar-refractivity contribution < 1.29 is 19.1 Å². The number of amides is 2. The third-order valence-electron chi connectivity index (χ3n) is 5.39. The van der Waals surface area contributed by atoms with Gasteiger partial charge in [-0.3, -0.25) is 9.59 Å². The van der Waals surface area contributed by atoms with Gasteiger partial charge in [-0.25, -0.2) is 0 Å². The van der Waals surface area contributed by atoms with Crippen molar-refractivity contribution in [3.63, 3.8) is 0 Å². The van der Waals surface area contributed by atoms with Crippen LogP contribution in [0.25, 0.3) is 0 Å². The molecule has 168 valence electrons. The smallest absolute Gasteiger partial charge is 0.252 e. The van der Waals surface area contributed by atoms with E-state index in [0.29, 0.717) is 23.6 Å². The Labute approximate surface area is 185 Å². The monoisotopic (exact) mass is 426 g/mol. The first-order chi connectivity index (χ1) is 14.6. The summed E-state index contributed by atoms with van der Waals surface area (Å²) in [6, 6.07) is 12.6. The summed E-state index contributed by atoms with van der Waals surface area (Å²) in [5.41, 5.74) is 2.47. The minimum absolute atomic E-state index is 0.0843. The highest BCUT2D eigenvalue weighted by molar-refractivity contribution is 5.98. The van der Waals surface area contributed by atoms with Crippen LogP contribution in [0.5, 0.6) is 11.5 Å². The van der Waals surface area contributed by atoms with E-state index >= 15 is 0 Å². The molecule has 2 rings (SSSR count). The Morgan fingerprint density at radius 1 is 0.968 bits per heavy atom. The van der Waals surface area contributed by atoms with Crippen molar-refractivity contribution in [3.8, 4) is 11.5 Å². The molecule has 2 N–H and O–H groups in total. The third kappa shape index (κ3) is 6.48. The second-order valence-electron chi connectivity index (χ2n) is 8.76. The van der Waals surface area contributed by atoms with E-state index in [1.807, 2.05) is 20.8 Å². The molecule has 1 atom stereocenters. The van der Waals surface area contributed by atoms with Crippen LogP contribution in [0.1, 0.15) is 49.2 Å². The first-order valence-corrected chi connectivity index (χ1v) is 10.5. The van der Waals surface area contributed by atoms with Crippen LogP contribution in [0.2, 0.25) is 0 Å². The lowest BCUT2D eigenvalue weighted by atomic mass is 9.84. The molecule has 0 bridgehead atoms. The predicted octanol–water partition coefficient (Wildman–Crippen LogP) is 3.86. The van der Waals surface area contributed by atoms with E-state index in [2.05, 4.69) is 48.7 Å². The Morgan fingerprint density at radius 2 is 1.52 bits per heavy atom. The standard InChI is InChI=1S/C25H34N2O4/c1-16(2)22(27-23(28)18-12-20(30-6)14-21(13-18)31-7)24(29)26-15-25(4,5)19-10-8-17(3)9-11-19/h8-14,16,22H,15H2,1-7H3,(H,26,29)(H,27,28). The molecule has 0 aliphatic carbocycles. The summed E-state index contributed by atoms with van der Waals surface area (Å²) < 4.78 is 10.5. The average Bonchev–Trinajstić information content (AvgIpc) is 2.75. The molecule has 0 heterocycles. The van der Waals surface area contributed by atoms with Gasteiger partial charge >= 0.3 is 0 Å². The van der Waals surface area contributed by atoms with Gasteiger partial charge in [0.1, 0.15) is 17.5 Å². The normalized spacial score (nSPS) is 12.3. The maximum absolute atomic E-state index is 13.0. The lowest BCUT2D eigenvalue weighted by Crippen LogP contribution is -2.51. The average molecular weight is 427 g/mol. The minimum atomic E-state index is -0.668. The van der Waals surface area contributed by atoms with Crippen molar-refractivity contribution in [2.45, 2.75) is 46.1 Å². The van der Waals surface area contributed by atoms with E-state index in [-0.39, 0.29) is 23.1 Å². The van der Waals surface area contributed by atoms with Gasteiger partial charge in [-0.1, -0.05) is 57.5 Å². The van der Waals surface area contributed by atoms with Crippen LogP contribution < -0.4 is 20.1 Å². The Morgan fingerprint density at radius 3 is 2.00 bits per heavy atom. The lowest BCUT2D eigenvalue weighted by Gasteiger charge is -2.28. The van der Waals surface area contributed by atoms with E-state index < -0.39 is 6.04 Å². The fourth-order valence-electron chi connectivity index (χ4n) is 3.22. The molecule has 0 saturated carbocycles. The van der Waals surface area contributed by atoms with Gasteiger partial charge in [0.25, 0.3) is 5.91 Å². The number of hydrogen-bond acceptors (Lipinski definition) is 4. The van der Waals surface area contributed by atoms with Crippen LogP contribution in [0.4, 0.5) is 0 Å². The molecule has 0 saturated heterocycles. The second-order valence-corrected chi connectivity index (χ2v) is 8.76. The summed E-state index contributed by atoms with van der Waals surface area (Å²) in [4.78, 5) is 25.8. The molecule has 1 unspecified atom stereocenters. The van der Waals surface area contributed by atoms with Gasteiger partial charge in [0.15, 0.2) is 0 Å². The number of rotatable bonds is 9. The zero-order valence-corrected chi connectivity index (χ0v) is 19.5. The Bertz CT molecular complexity index is 882. The highest BCUT2D eigenvalue weighted by Crippen LogP contribution is 2.24. The van der Waals surface area contributed by atoms with Crippen LogP contribution in [0.3, 0.4) is 0 Å². The van der Waals surface area contributed by atoms with Crippen LogP contribution in [0.15, 0.2) is 42.5 Å². The zero-order valence-electron chi connectivity index (χ0n) is 19.5. The number of carbonyl (C=O) groups excluding carboxylic acids is 2. The first-order valence-electron chi connectivity index (χ1n) is 10.5. The van der Waals surface area contributed by atoms with E-state index in [1.54, 1.807) is 18.2 Å². The highest BCUT2D eigenvalue weighted by atomic mass is 16.5. The van der Waals surface area contributed by atoms with Crippen molar-refractivity contribution in [2.75, 3.05) is 20.8 Å². The molecular weight excluding hydrogens is 392 g/mol. The fourth-order valence-corrected chi connectivity index (χ4v) is 3.22. The first kappa shape index (κ1) is 24.3. The van der Waals surface area contributed by atoms with Gasteiger partial charge < -0.3 is 20.1 Å². The summed E-state index contributed by atoms with van der Waals surface area (Å²) >= 11 is 0. The quantitative estimate of drug-likeness (QED) is 0.638. The molecule has 6 heteroatoms. The number of hydrogen-bond donors (Lipinski definition) is 2. The van der Waals surface area contributed by atoms with Gasteiger partial charge in [0.2, 0.25) is 5.91 Å². The summed E-state index contributed by atoms with van der Waals surface area (Å²) in [6.45, 7) is 10.5. The maximum Gasteiger partial charge on any atom is 0.252 e. The van der Waals surface area contributed by atoms with Crippen molar-refractivity contribution in [3.05, 3.63) is 59.2 Å². The largest absolute Gasteiger partial charge is 0.497 e. The van der Waals surface area contributed by atoms with Crippen molar-refractivity contribution in [1.29, 1.82) is 0 Å². The van der Waals surface area contributed by atoms with Crippen LogP contribution in [-0.2, 0) is 10.2 Å². The summed E-state index contributed by atoms with van der Waals surface area (Å²) in [7, 11) is 3.05. The van der Waals surface area contributed by atoms with Crippen molar-refractivity contribution in [1.82, 2.24) is 10.6 Å². The fraction of sp³-hybridized carbons (Fsp3) is 0.440. The van der Waals surface area contributed by atoms with Gasteiger partial charge in [-0.15, -0.1) is 0 Å². The van der Waals surface area contributed by atoms with Gasteiger partial charge in [0, 0.05) is 23.6 Å². The van der Waals surface area contributed by atoms with Crippen molar-refractivity contribution >= 4 is 11.8 Å². The lowest BCUT2D eigenvalue weighted by molar-refractivity contribution is -0.124. The topological polar surface area (TPSA) is 76.7 Å². The molecule has 2 aromatic rings. The molecule has 2 amide bonds. The summed E-state index contributed by atoms with van der Waals surface area (Å²) in [6.07, 6.45) is 0. The number of methoxy groups -OCH3 is 2. The number of ether oxygens (including phenoxy) is 2. The van der Waals surface area contributed by atoms with E-state index in [1.165, 1.54) is 19.8 Å². The SMILES string of the molecule is COc1cc(OC)cc(C(=O)NC(C(=O)NCC(C)(C)c2ccc(C)cc2)C(C)C)c1. The Hall–Kier alpha value is -3.02. The molecule has 0 fully saturated rings. The van der Waals surface area contributed by atoms with Gasteiger partial charge in [-0.2, -0.15) is 0 Å². The van der Waals surface area contributed by atoms with E-state index in [4.69, 9.17) is 9.47 Å². The van der Waals surface area contributed by atoms with Gasteiger partial charge in [0.05, 0.1) is 14.2 Å². The molecule has 31 heavy (non-hydrogen) atoms. The van der Waals surface area contributed by atoms with Crippen LogP contribution in [0, 0.1) is 12.8 Å². The van der Waals surface area contributed by atoms with Crippen LogP contribution >= 0.6 is 0 Å². The summed E-state index contributed by atoms with van der Waals surface area (Å²) in [5.74, 6) is 0.367. The number of benzene rings is 2. The maximum atomic E-state index is 13.0. The molecule has 0 aliphatic rings. The molecule has 0 aromatic heterocycles. The summed E-state index contributed by atoms with van der Waals surface area (Å²) in [5, 5.41) is 5.87. The number of aryl methyl sites for hydroxylation is 1. The Balaban J connectivity index is 2.10. The molecule has 0 radical (unpaired) electrons. The zero-order chi connectivity index (χ0) is 23.2. The van der Waals surface area contributed by atoms with Gasteiger partial charge in [-0.05, 0) is 30.5 Å². The van der Waals surface area contributed by atoms with Crippen LogP contribution in [-0.4, -0.2) is 38.6 Å². The second kappa shape index (κ2) is 10.3. The third-order valence-corrected chi connectivity index (χ3v) is 5.39. The Kier molecular flexibility index (Phi) is 8.08. The molecule has 0 spiro atoms. The van der Waals surface area contributed by atoms with E-state index in [9.17, 15) is 9.59 Å². The highest BCUT2D eigenvalue weighted by Gasteiger charge is 2.28. The number of carbonyl (C=O) groups is 2. The molecular formula is C25H34N2O4. The predicted molar refractivity (Wildman–Crippen MR) is 123 cm³/mol. The molecule has 6 nitrogen and oxygen atoms in total. The van der Waals surface area contributed by atoms with Crippen molar-refractivity contribution in [2.24, 2.45) is 5.92 Å².